The summed E-state index contributed by atoms with van der Waals surface area (Å²) in [6, 6.07) is 1.40. The van der Waals surface area contributed by atoms with E-state index in [1.165, 1.54) is 23.6 Å². The third-order valence-electron chi connectivity index (χ3n) is 2.55. The van der Waals surface area contributed by atoms with E-state index < -0.39 is 5.97 Å². The van der Waals surface area contributed by atoms with Crippen LogP contribution in [0.15, 0.2) is 12.3 Å². The fraction of sp³-hybridized carbons (Fsp3) is 0.250. The van der Waals surface area contributed by atoms with E-state index in [0.29, 0.717) is 10.9 Å². The number of carboxylic acids is 1. The van der Waals surface area contributed by atoms with Crippen LogP contribution in [0.25, 0.3) is 0 Å². The molecular weight excluding hydrogens is 286 g/mol. The number of carbonyl (C=O) groups is 1. The van der Waals surface area contributed by atoms with Gasteiger partial charge in [-0.15, -0.1) is 11.3 Å². The second-order valence-corrected chi connectivity index (χ2v) is 5.47. The molecule has 0 aliphatic heterocycles. The molecule has 2 rings (SSSR count). The van der Waals surface area contributed by atoms with Crippen LogP contribution in [-0.2, 0) is 6.42 Å². The monoisotopic (exact) mass is 297 g/mol. The zero-order valence-electron chi connectivity index (χ0n) is 10.4. The molecule has 0 spiro atoms. The highest BCUT2D eigenvalue weighted by Crippen LogP contribution is 2.26. The number of thiazole rings is 1. The van der Waals surface area contributed by atoms with Crippen molar-refractivity contribution in [2.24, 2.45) is 0 Å². The highest BCUT2D eigenvalue weighted by Gasteiger charge is 2.12. The summed E-state index contributed by atoms with van der Waals surface area (Å²) in [5.41, 5.74) is 1.04. The first kappa shape index (κ1) is 13.8. The Bertz CT molecular complexity index is 627. The minimum absolute atomic E-state index is 0.0168. The molecule has 2 aromatic heterocycles. The predicted octanol–water partition coefficient (Wildman–Crippen LogP) is 3.50. The molecule has 0 fully saturated rings. The van der Waals surface area contributed by atoms with Gasteiger partial charge in [0.05, 0.1) is 16.3 Å². The van der Waals surface area contributed by atoms with Crippen LogP contribution in [0, 0.1) is 6.92 Å². The summed E-state index contributed by atoms with van der Waals surface area (Å²) < 4.78 is 0. The maximum Gasteiger partial charge on any atom is 0.337 e. The first-order valence-electron chi connectivity index (χ1n) is 5.63. The molecule has 0 atom stereocenters. The van der Waals surface area contributed by atoms with Crippen LogP contribution in [0.4, 0.5) is 10.9 Å². The maximum absolute atomic E-state index is 11.0. The van der Waals surface area contributed by atoms with Gasteiger partial charge in [0, 0.05) is 11.1 Å². The minimum Gasteiger partial charge on any atom is -0.478 e. The van der Waals surface area contributed by atoms with Gasteiger partial charge in [-0.3, -0.25) is 0 Å². The van der Waals surface area contributed by atoms with Crippen LogP contribution in [0.5, 0.6) is 0 Å². The molecule has 7 heteroatoms. The molecule has 0 saturated carbocycles. The van der Waals surface area contributed by atoms with Gasteiger partial charge in [0.2, 0.25) is 0 Å². The quantitative estimate of drug-likeness (QED) is 0.903. The van der Waals surface area contributed by atoms with E-state index in [0.717, 1.165) is 17.0 Å². The number of aromatic carboxylic acids is 1. The summed E-state index contributed by atoms with van der Waals surface area (Å²) in [7, 11) is 0. The summed E-state index contributed by atoms with van der Waals surface area (Å²) >= 11 is 7.27. The molecule has 0 bridgehead atoms. The molecule has 0 aliphatic carbocycles. The van der Waals surface area contributed by atoms with Gasteiger partial charge in [-0.25, -0.2) is 14.8 Å². The lowest BCUT2D eigenvalue weighted by Crippen LogP contribution is -2.01. The summed E-state index contributed by atoms with van der Waals surface area (Å²) in [6.07, 6.45) is 2.17. The highest BCUT2D eigenvalue weighted by molar-refractivity contribution is 7.15. The SMILES string of the molecule is CCc1nc(Nc2cc(C(=O)O)c(Cl)cn2)sc1C. The van der Waals surface area contributed by atoms with Crippen LogP contribution in [0.2, 0.25) is 5.02 Å². The molecule has 0 saturated heterocycles. The molecule has 2 aromatic rings. The lowest BCUT2D eigenvalue weighted by Gasteiger charge is -2.04. The van der Waals surface area contributed by atoms with Crippen molar-refractivity contribution in [3.63, 3.8) is 0 Å². The maximum atomic E-state index is 11.0. The summed E-state index contributed by atoms with van der Waals surface area (Å²) in [4.78, 5) is 20.6. The normalized spacial score (nSPS) is 10.5. The minimum atomic E-state index is -1.08. The zero-order valence-corrected chi connectivity index (χ0v) is 12.0. The molecule has 2 N–H and O–H groups in total. The summed E-state index contributed by atoms with van der Waals surface area (Å²) in [5, 5.41) is 12.8. The van der Waals surface area contributed by atoms with E-state index in [2.05, 4.69) is 15.3 Å². The van der Waals surface area contributed by atoms with Crippen LogP contribution >= 0.6 is 22.9 Å². The Labute approximate surface area is 119 Å². The topological polar surface area (TPSA) is 75.1 Å². The van der Waals surface area contributed by atoms with Gasteiger partial charge in [-0.05, 0) is 19.4 Å². The number of hydrogen-bond acceptors (Lipinski definition) is 5. The van der Waals surface area contributed by atoms with Crippen molar-refractivity contribution in [3.05, 3.63) is 33.4 Å². The molecule has 0 radical (unpaired) electrons. The zero-order chi connectivity index (χ0) is 14.0. The largest absolute Gasteiger partial charge is 0.478 e. The predicted molar refractivity (Wildman–Crippen MR) is 75.7 cm³/mol. The fourth-order valence-electron chi connectivity index (χ4n) is 1.59. The standard InChI is InChI=1S/C12H12ClN3O2S/c1-3-9-6(2)19-12(15-9)16-10-4-7(11(17)18)8(13)5-14-10/h4-5H,3H2,1-2H3,(H,17,18)(H,14,15,16). The van der Waals surface area contributed by atoms with Crippen molar-refractivity contribution in [1.29, 1.82) is 0 Å². The van der Waals surface area contributed by atoms with E-state index in [1.807, 2.05) is 13.8 Å². The van der Waals surface area contributed by atoms with Crippen LogP contribution in [0.3, 0.4) is 0 Å². The van der Waals surface area contributed by atoms with Gasteiger partial charge >= 0.3 is 5.97 Å². The van der Waals surface area contributed by atoms with Gasteiger partial charge in [0.15, 0.2) is 5.13 Å². The molecule has 5 nitrogen and oxygen atoms in total. The lowest BCUT2D eigenvalue weighted by molar-refractivity contribution is 0.0697. The number of nitrogens with zero attached hydrogens (tertiary/aromatic N) is 2. The number of rotatable bonds is 4. The van der Waals surface area contributed by atoms with E-state index in [4.69, 9.17) is 16.7 Å². The first-order valence-corrected chi connectivity index (χ1v) is 6.83. The third-order valence-corrected chi connectivity index (χ3v) is 3.78. The van der Waals surface area contributed by atoms with Crippen LogP contribution < -0.4 is 5.32 Å². The molecule has 0 aliphatic rings. The number of anilines is 2. The molecule has 2 heterocycles. The molecule has 0 aromatic carbocycles. The Morgan fingerprint density at radius 3 is 2.89 bits per heavy atom. The lowest BCUT2D eigenvalue weighted by atomic mass is 10.2. The molecule has 0 amide bonds. The molecular formula is C12H12ClN3O2S. The number of hydrogen-bond donors (Lipinski definition) is 2. The van der Waals surface area contributed by atoms with Crippen LogP contribution in [-0.4, -0.2) is 21.0 Å². The Balaban J connectivity index is 2.28. The smallest absolute Gasteiger partial charge is 0.337 e. The van der Waals surface area contributed by atoms with Gasteiger partial charge in [-0.1, -0.05) is 18.5 Å². The third kappa shape index (κ3) is 3.02. The Morgan fingerprint density at radius 2 is 2.32 bits per heavy atom. The number of carboxylic acid groups (broad SMARTS) is 1. The molecule has 0 unspecified atom stereocenters. The Kier molecular flexibility index (Phi) is 4.01. The second-order valence-electron chi connectivity index (χ2n) is 3.85. The average Bonchev–Trinajstić information content (AvgIpc) is 2.71. The highest BCUT2D eigenvalue weighted by atomic mass is 35.5. The van der Waals surface area contributed by atoms with Crippen molar-refractivity contribution in [3.8, 4) is 0 Å². The number of nitrogens with one attached hydrogen (secondary N) is 1. The van der Waals surface area contributed by atoms with Crippen molar-refractivity contribution in [2.75, 3.05) is 5.32 Å². The van der Waals surface area contributed by atoms with Crippen molar-refractivity contribution in [1.82, 2.24) is 9.97 Å². The van der Waals surface area contributed by atoms with E-state index in [1.54, 1.807) is 0 Å². The van der Waals surface area contributed by atoms with Crippen molar-refractivity contribution in [2.45, 2.75) is 20.3 Å². The molecule has 100 valence electrons. The van der Waals surface area contributed by atoms with E-state index in [-0.39, 0.29) is 10.6 Å². The summed E-state index contributed by atoms with van der Waals surface area (Å²) in [6.45, 7) is 4.04. The average molecular weight is 298 g/mol. The first-order chi connectivity index (χ1) is 9.01. The van der Waals surface area contributed by atoms with Crippen molar-refractivity contribution < 1.29 is 9.90 Å². The fourth-order valence-corrected chi connectivity index (χ4v) is 2.68. The number of pyridine rings is 1. The van der Waals surface area contributed by atoms with Gasteiger partial charge in [-0.2, -0.15) is 0 Å². The number of aryl methyl sites for hydroxylation is 2. The number of halogens is 1. The summed E-state index contributed by atoms with van der Waals surface area (Å²) in [5.74, 6) is -0.668. The van der Waals surface area contributed by atoms with Crippen molar-refractivity contribution >= 4 is 39.9 Å². The van der Waals surface area contributed by atoms with E-state index >= 15 is 0 Å². The van der Waals surface area contributed by atoms with Gasteiger partial charge in [0.25, 0.3) is 0 Å². The van der Waals surface area contributed by atoms with Crippen LogP contribution in [0.1, 0.15) is 27.9 Å². The second kappa shape index (κ2) is 5.54. The molecule has 19 heavy (non-hydrogen) atoms. The Hall–Kier alpha value is -1.66. The van der Waals surface area contributed by atoms with Gasteiger partial charge < -0.3 is 10.4 Å². The van der Waals surface area contributed by atoms with E-state index in [9.17, 15) is 4.79 Å². The number of aromatic nitrogens is 2. The van der Waals surface area contributed by atoms with Gasteiger partial charge in [0.1, 0.15) is 5.82 Å². The Morgan fingerprint density at radius 1 is 1.58 bits per heavy atom.